The van der Waals surface area contributed by atoms with Crippen LogP contribution in [0.3, 0.4) is 0 Å². The van der Waals surface area contributed by atoms with Gasteiger partial charge in [0, 0.05) is 25.8 Å². The minimum Gasteiger partial charge on any atom is -0.337 e. The Morgan fingerprint density at radius 1 is 1.32 bits per heavy atom. The summed E-state index contributed by atoms with van der Waals surface area (Å²) in [5.41, 5.74) is -0.516. The Bertz CT molecular complexity index is 696. The molecule has 0 aliphatic carbocycles. The molecule has 0 radical (unpaired) electrons. The molecule has 1 aromatic heterocycles. The fraction of sp³-hybridized carbons (Fsp3) is 0.529. The third kappa shape index (κ3) is 3.20. The molecule has 2 aliphatic heterocycles. The second kappa shape index (κ2) is 6.63. The van der Waals surface area contributed by atoms with Crippen molar-refractivity contribution in [2.75, 3.05) is 19.6 Å². The zero-order chi connectivity index (χ0) is 18.2. The van der Waals surface area contributed by atoms with Crippen LogP contribution in [0.15, 0.2) is 18.3 Å². The number of nitrogens with zero attached hydrogens (tertiary/aromatic N) is 3. The number of piperidine rings is 1. The van der Waals surface area contributed by atoms with Gasteiger partial charge in [0.1, 0.15) is 11.2 Å². The summed E-state index contributed by atoms with van der Waals surface area (Å²) in [5, 5.41) is 2.90. The lowest BCUT2D eigenvalue weighted by Gasteiger charge is -2.42. The molecule has 0 aromatic carbocycles. The number of likely N-dealkylation sites (tertiary alicyclic amines) is 1. The molecule has 134 valence electrons. The van der Waals surface area contributed by atoms with Crippen molar-refractivity contribution >= 4 is 29.4 Å². The average molecular weight is 365 g/mol. The number of imide groups is 1. The molecule has 0 saturated carbocycles. The van der Waals surface area contributed by atoms with Crippen molar-refractivity contribution < 1.29 is 14.4 Å². The van der Waals surface area contributed by atoms with E-state index >= 15 is 0 Å². The molecule has 3 rings (SSSR count). The molecule has 0 unspecified atom stereocenters. The quantitative estimate of drug-likeness (QED) is 0.830. The van der Waals surface area contributed by atoms with Gasteiger partial charge in [-0.15, -0.1) is 0 Å². The van der Waals surface area contributed by atoms with E-state index in [0.717, 1.165) is 0 Å². The number of halogens is 1. The second-order valence-corrected chi connectivity index (χ2v) is 7.39. The molecule has 0 bridgehead atoms. The van der Waals surface area contributed by atoms with Gasteiger partial charge in [-0.3, -0.25) is 14.9 Å². The molecule has 8 heteroatoms. The molecular formula is C17H21ClN4O3. The van der Waals surface area contributed by atoms with E-state index < -0.39 is 5.54 Å². The Morgan fingerprint density at radius 3 is 2.56 bits per heavy atom. The first-order chi connectivity index (χ1) is 11.8. The highest BCUT2D eigenvalue weighted by Gasteiger charge is 2.54. The molecule has 1 spiro atoms. The van der Waals surface area contributed by atoms with E-state index in [1.807, 2.05) is 13.8 Å². The van der Waals surface area contributed by atoms with Gasteiger partial charge in [0.25, 0.3) is 11.8 Å². The summed E-state index contributed by atoms with van der Waals surface area (Å²) in [6.45, 7) is 5.34. The number of hydrogen-bond donors (Lipinski definition) is 1. The molecule has 1 aromatic rings. The van der Waals surface area contributed by atoms with Gasteiger partial charge in [-0.1, -0.05) is 25.4 Å². The SMILES string of the molecule is CC(C)CN1C(=O)NC(=O)C12CCN(C(=O)c1ccc(Cl)cn1)CC2. The minimum atomic E-state index is -0.842. The number of pyridine rings is 1. The minimum absolute atomic E-state index is 0.188. The molecule has 25 heavy (non-hydrogen) atoms. The summed E-state index contributed by atoms with van der Waals surface area (Å²) in [6.07, 6.45) is 2.29. The maximum Gasteiger partial charge on any atom is 0.325 e. The van der Waals surface area contributed by atoms with Gasteiger partial charge in [0.2, 0.25) is 0 Å². The van der Waals surface area contributed by atoms with E-state index in [1.54, 1.807) is 21.9 Å². The lowest BCUT2D eigenvalue weighted by atomic mass is 9.85. The Hall–Kier alpha value is -2.15. The zero-order valence-electron chi connectivity index (χ0n) is 14.3. The van der Waals surface area contributed by atoms with Crippen molar-refractivity contribution in [1.29, 1.82) is 0 Å². The molecule has 2 saturated heterocycles. The molecule has 2 aliphatic rings. The van der Waals surface area contributed by atoms with Crippen LogP contribution in [0.25, 0.3) is 0 Å². The van der Waals surface area contributed by atoms with Gasteiger partial charge in [-0.2, -0.15) is 0 Å². The largest absolute Gasteiger partial charge is 0.337 e. The lowest BCUT2D eigenvalue weighted by Crippen LogP contribution is -2.58. The summed E-state index contributed by atoms with van der Waals surface area (Å²) in [7, 11) is 0. The van der Waals surface area contributed by atoms with E-state index in [0.29, 0.717) is 43.2 Å². The van der Waals surface area contributed by atoms with Gasteiger partial charge in [-0.25, -0.2) is 9.78 Å². The summed E-state index contributed by atoms with van der Waals surface area (Å²) < 4.78 is 0. The van der Waals surface area contributed by atoms with Crippen molar-refractivity contribution in [1.82, 2.24) is 20.1 Å². The summed E-state index contributed by atoms with van der Waals surface area (Å²) in [6, 6.07) is 2.88. The highest BCUT2D eigenvalue weighted by Crippen LogP contribution is 2.34. The number of aromatic nitrogens is 1. The third-order valence-corrected chi connectivity index (χ3v) is 5.00. The van der Waals surface area contributed by atoms with E-state index in [1.165, 1.54) is 6.20 Å². The van der Waals surface area contributed by atoms with Crippen LogP contribution in [0.2, 0.25) is 5.02 Å². The van der Waals surface area contributed by atoms with Gasteiger partial charge < -0.3 is 9.80 Å². The van der Waals surface area contributed by atoms with Crippen molar-refractivity contribution in [3.63, 3.8) is 0 Å². The van der Waals surface area contributed by atoms with Gasteiger partial charge in [-0.05, 0) is 30.9 Å². The van der Waals surface area contributed by atoms with Crippen LogP contribution in [-0.4, -0.2) is 57.8 Å². The standard InChI is InChI=1S/C17H21ClN4O3/c1-11(2)10-22-16(25)20-15(24)17(22)5-7-21(8-6-17)14(23)13-4-3-12(18)9-19-13/h3-4,9,11H,5-8,10H2,1-2H3,(H,20,24,25). The molecule has 4 amide bonds. The van der Waals surface area contributed by atoms with E-state index in [9.17, 15) is 14.4 Å². The number of urea groups is 1. The summed E-state index contributed by atoms with van der Waals surface area (Å²) in [4.78, 5) is 44.5. The second-order valence-electron chi connectivity index (χ2n) is 6.95. The van der Waals surface area contributed by atoms with Crippen LogP contribution < -0.4 is 5.32 Å². The van der Waals surface area contributed by atoms with E-state index in [-0.39, 0.29) is 23.8 Å². The Labute approximate surface area is 151 Å². The topological polar surface area (TPSA) is 82.6 Å². The van der Waals surface area contributed by atoms with Gasteiger partial charge in [0.05, 0.1) is 5.02 Å². The number of rotatable bonds is 3. The first-order valence-corrected chi connectivity index (χ1v) is 8.75. The van der Waals surface area contributed by atoms with Crippen molar-refractivity contribution in [3.05, 3.63) is 29.0 Å². The van der Waals surface area contributed by atoms with Crippen LogP contribution in [0.5, 0.6) is 0 Å². The third-order valence-electron chi connectivity index (χ3n) is 4.78. The first kappa shape index (κ1) is 17.7. The number of amides is 4. The van der Waals surface area contributed by atoms with Crippen LogP contribution >= 0.6 is 11.6 Å². The molecular weight excluding hydrogens is 344 g/mol. The van der Waals surface area contributed by atoms with Crippen molar-refractivity contribution in [3.8, 4) is 0 Å². The van der Waals surface area contributed by atoms with E-state index in [2.05, 4.69) is 10.3 Å². The Balaban J connectivity index is 1.73. The van der Waals surface area contributed by atoms with Crippen LogP contribution in [0, 0.1) is 5.92 Å². The average Bonchev–Trinajstić information content (AvgIpc) is 2.79. The van der Waals surface area contributed by atoms with Crippen LogP contribution in [0.4, 0.5) is 4.79 Å². The monoisotopic (exact) mass is 364 g/mol. The lowest BCUT2D eigenvalue weighted by molar-refractivity contribution is -0.129. The smallest absolute Gasteiger partial charge is 0.325 e. The Kier molecular flexibility index (Phi) is 4.69. The van der Waals surface area contributed by atoms with Gasteiger partial charge >= 0.3 is 6.03 Å². The summed E-state index contributed by atoms with van der Waals surface area (Å²) in [5.74, 6) is -0.187. The highest BCUT2D eigenvalue weighted by atomic mass is 35.5. The van der Waals surface area contributed by atoms with E-state index in [4.69, 9.17) is 11.6 Å². The number of carbonyl (C=O) groups excluding carboxylic acids is 3. The maximum absolute atomic E-state index is 12.6. The summed E-state index contributed by atoms with van der Waals surface area (Å²) >= 11 is 5.80. The van der Waals surface area contributed by atoms with Crippen molar-refractivity contribution in [2.45, 2.75) is 32.2 Å². The molecule has 2 fully saturated rings. The Morgan fingerprint density at radius 2 is 2.00 bits per heavy atom. The predicted octanol–water partition coefficient (Wildman–Crippen LogP) is 1.92. The molecule has 1 N–H and O–H groups in total. The van der Waals surface area contributed by atoms with Crippen LogP contribution in [-0.2, 0) is 4.79 Å². The maximum atomic E-state index is 12.6. The molecule has 7 nitrogen and oxygen atoms in total. The number of carbonyl (C=O) groups is 3. The van der Waals surface area contributed by atoms with Crippen molar-refractivity contribution in [2.24, 2.45) is 5.92 Å². The molecule has 3 heterocycles. The fourth-order valence-electron chi connectivity index (χ4n) is 3.46. The normalized spacial score (nSPS) is 19.7. The zero-order valence-corrected chi connectivity index (χ0v) is 15.0. The highest BCUT2D eigenvalue weighted by molar-refractivity contribution is 6.30. The molecule has 0 atom stereocenters. The van der Waals surface area contributed by atoms with Gasteiger partial charge in [0.15, 0.2) is 0 Å². The fourth-order valence-corrected chi connectivity index (χ4v) is 3.57. The number of hydrogen-bond acceptors (Lipinski definition) is 4. The van der Waals surface area contributed by atoms with Crippen LogP contribution in [0.1, 0.15) is 37.2 Å². The first-order valence-electron chi connectivity index (χ1n) is 8.37. The number of nitrogens with one attached hydrogen (secondary N) is 1. The predicted molar refractivity (Wildman–Crippen MR) is 92.2 cm³/mol.